The maximum atomic E-state index is 13.9. The van der Waals surface area contributed by atoms with Gasteiger partial charge in [-0.05, 0) is 18.6 Å². The van der Waals surface area contributed by atoms with Crippen LogP contribution in [0.5, 0.6) is 5.75 Å². The van der Waals surface area contributed by atoms with E-state index in [1.54, 1.807) is 4.68 Å². The summed E-state index contributed by atoms with van der Waals surface area (Å²) >= 11 is 5.72. The van der Waals surface area contributed by atoms with E-state index in [1.807, 2.05) is 6.92 Å². The van der Waals surface area contributed by atoms with Crippen molar-refractivity contribution in [2.75, 3.05) is 7.11 Å². The summed E-state index contributed by atoms with van der Waals surface area (Å²) in [4.78, 5) is 0. The summed E-state index contributed by atoms with van der Waals surface area (Å²) in [5.41, 5.74) is 0.584. The Bertz CT molecular complexity index is 601. The van der Waals surface area contributed by atoms with Crippen LogP contribution in [0, 0.1) is 5.82 Å². The van der Waals surface area contributed by atoms with Crippen LogP contribution in [0.2, 0.25) is 5.02 Å². The SMILES string of the molecule is CCCn1ncc(OC)c1C(O)c1ccc(Cl)cc1F. The van der Waals surface area contributed by atoms with Gasteiger partial charge in [-0.3, -0.25) is 4.68 Å². The third-order valence-corrected chi connectivity index (χ3v) is 3.25. The van der Waals surface area contributed by atoms with Crippen LogP contribution in [0.25, 0.3) is 0 Å². The van der Waals surface area contributed by atoms with E-state index in [9.17, 15) is 9.50 Å². The van der Waals surface area contributed by atoms with Gasteiger partial charge in [0.15, 0.2) is 5.75 Å². The third-order valence-electron chi connectivity index (χ3n) is 3.02. The first-order valence-corrected chi connectivity index (χ1v) is 6.69. The highest BCUT2D eigenvalue weighted by Crippen LogP contribution is 2.32. The molecular formula is C14H16ClFN2O2. The summed E-state index contributed by atoms with van der Waals surface area (Å²) in [6.07, 6.45) is 1.20. The van der Waals surface area contributed by atoms with Gasteiger partial charge in [-0.15, -0.1) is 0 Å². The Kier molecular flexibility index (Phi) is 4.62. The highest BCUT2D eigenvalue weighted by Gasteiger charge is 2.23. The number of rotatable bonds is 5. The number of aliphatic hydroxyl groups is 1. The third kappa shape index (κ3) is 2.78. The van der Waals surface area contributed by atoms with Crippen LogP contribution in [-0.4, -0.2) is 22.0 Å². The van der Waals surface area contributed by atoms with E-state index in [0.717, 1.165) is 6.42 Å². The Morgan fingerprint density at radius 2 is 2.25 bits per heavy atom. The second-order valence-electron chi connectivity index (χ2n) is 4.39. The summed E-state index contributed by atoms with van der Waals surface area (Å²) in [6, 6.07) is 4.17. The maximum Gasteiger partial charge on any atom is 0.163 e. The molecule has 1 heterocycles. The van der Waals surface area contributed by atoms with E-state index in [1.165, 1.54) is 31.5 Å². The minimum atomic E-state index is -1.16. The van der Waals surface area contributed by atoms with E-state index in [-0.39, 0.29) is 10.6 Å². The Morgan fingerprint density at radius 3 is 2.85 bits per heavy atom. The molecule has 4 nitrogen and oxygen atoms in total. The van der Waals surface area contributed by atoms with Crippen molar-refractivity contribution in [2.45, 2.75) is 26.0 Å². The number of benzene rings is 1. The summed E-state index contributed by atoms with van der Waals surface area (Å²) < 4.78 is 20.7. The smallest absolute Gasteiger partial charge is 0.163 e. The van der Waals surface area contributed by atoms with Crippen molar-refractivity contribution in [1.29, 1.82) is 0 Å². The Hall–Kier alpha value is -1.59. The first-order valence-electron chi connectivity index (χ1n) is 6.31. The number of halogens is 2. The molecular weight excluding hydrogens is 283 g/mol. The number of methoxy groups -OCH3 is 1. The van der Waals surface area contributed by atoms with Gasteiger partial charge in [0.25, 0.3) is 0 Å². The second kappa shape index (κ2) is 6.24. The van der Waals surface area contributed by atoms with Crippen LogP contribution in [0.3, 0.4) is 0 Å². The molecule has 108 valence electrons. The predicted molar refractivity (Wildman–Crippen MR) is 74.5 cm³/mol. The number of nitrogens with zero attached hydrogens (tertiary/aromatic N) is 2. The van der Waals surface area contributed by atoms with Crippen molar-refractivity contribution >= 4 is 11.6 Å². The van der Waals surface area contributed by atoms with Gasteiger partial charge in [0, 0.05) is 17.1 Å². The van der Waals surface area contributed by atoms with Gasteiger partial charge in [0.05, 0.1) is 13.3 Å². The number of aryl methyl sites for hydroxylation is 1. The Labute approximate surface area is 121 Å². The summed E-state index contributed by atoms with van der Waals surface area (Å²) in [5.74, 6) is -0.128. The topological polar surface area (TPSA) is 47.3 Å². The largest absolute Gasteiger partial charge is 0.493 e. The van der Waals surface area contributed by atoms with Gasteiger partial charge in [-0.25, -0.2) is 4.39 Å². The number of ether oxygens (including phenoxy) is 1. The molecule has 0 aliphatic heterocycles. The molecule has 1 aromatic heterocycles. The zero-order valence-corrected chi connectivity index (χ0v) is 12.1. The average molecular weight is 299 g/mol. The van der Waals surface area contributed by atoms with Crippen LogP contribution < -0.4 is 4.74 Å². The number of aliphatic hydroxyl groups excluding tert-OH is 1. The lowest BCUT2D eigenvalue weighted by molar-refractivity contribution is 0.197. The number of hydrogen-bond donors (Lipinski definition) is 1. The van der Waals surface area contributed by atoms with Crippen molar-refractivity contribution in [3.8, 4) is 5.75 Å². The van der Waals surface area contributed by atoms with E-state index in [2.05, 4.69) is 5.10 Å². The number of hydrogen-bond acceptors (Lipinski definition) is 3. The maximum absolute atomic E-state index is 13.9. The molecule has 0 aliphatic rings. The molecule has 6 heteroatoms. The first-order chi connectivity index (χ1) is 9.58. The highest BCUT2D eigenvalue weighted by atomic mass is 35.5. The lowest BCUT2D eigenvalue weighted by Crippen LogP contribution is -2.12. The monoisotopic (exact) mass is 298 g/mol. The van der Waals surface area contributed by atoms with Gasteiger partial charge >= 0.3 is 0 Å². The van der Waals surface area contributed by atoms with Crippen LogP contribution in [-0.2, 0) is 6.54 Å². The Balaban J connectivity index is 2.46. The second-order valence-corrected chi connectivity index (χ2v) is 4.83. The van der Waals surface area contributed by atoms with Gasteiger partial charge in [-0.2, -0.15) is 5.10 Å². The molecule has 0 saturated carbocycles. The zero-order valence-electron chi connectivity index (χ0n) is 11.3. The molecule has 1 unspecified atom stereocenters. The molecule has 1 aromatic carbocycles. The van der Waals surface area contributed by atoms with Crippen molar-refractivity contribution in [3.05, 3.63) is 46.5 Å². The zero-order chi connectivity index (χ0) is 14.7. The molecule has 1 atom stereocenters. The molecule has 0 radical (unpaired) electrons. The number of aromatic nitrogens is 2. The minimum absolute atomic E-state index is 0.144. The molecule has 0 bridgehead atoms. The highest BCUT2D eigenvalue weighted by molar-refractivity contribution is 6.30. The lowest BCUT2D eigenvalue weighted by Gasteiger charge is -2.15. The molecule has 20 heavy (non-hydrogen) atoms. The van der Waals surface area contributed by atoms with E-state index < -0.39 is 11.9 Å². The molecule has 0 aliphatic carbocycles. The average Bonchev–Trinajstić information content (AvgIpc) is 2.81. The van der Waals surface area contributed by atoms with Crippen LogP contribution in [0.4, 0.5) is 4.39 Å². The van der Waals surface area contributed by atoms with Crippen molar-refractivity contribution in [3.63, 3.8) is 0 Å². The molecule has 0 saturated heterocycles. The molecule has 2 rings (SSSR count). The summed E-state index contributed by atoms with van der Waals surface area (Å²) in [7, 11) is 1.49. The normalized spacial score (nSPS) is 12.4. The lowest BCUT2D eigenvalue weighted by atomic mass is 10.1. The Morgan fingerprint density at radius 1 is 1.50 bits per heavy atom. The van der Waals surface area contributed by atoms with Crippen LogP contribution >= 0.6 is 11.6 Å². The molecule has 0 fully saturated rings. The van der Waals surface area contributed by atoms with Gasteiger partial charge in [-0.1, -0.05) is 24.6 Å². The summed E-state index contributed by atoms with van der Waals surface area (Å²) in [6.45, 7) is 2.61. The quantitative estimate of drug-likeness (QED) is 0.922. The summed E-state index contributed by atoms with van der Waals surface area (Å²) in [5, 5.41) is 14.9. The van der Waals surface area contributed by atoms with Crippen LogP contribution in [0.1, 0.15) is 30.7 Å². The fourth-order valence-electron chi connectivity index (χ4n) is 2.07. The van der Waals surface area contributed by atoms with Gasteiger partial charge in [0.2, 0.25) is 0 Å². The van der Waals surface area contributed by atoms with Crippen molar-refractivity contribution in [1.82, 2.24) is 9.78 Å². The van der Waals surface area contributed by atoms with E-state index in [0.29, 0.717) is 18.0 Å². The van der Waals surface area contributed by atoms with Crippen molar-refractivity contribution < 1.29 is 14.2 Å². The van der Waals surface area contributed by atoms with E-state index in [4.69, 9.17) is 16.3 Å². The van der Waals surface area contributed by atoms with Crippen molar-refractivity contribution in [2.24, 2.45) is 0 Å². The van der Waals surface area contributed by atoms with Gasteiger partial charge < -0.3 is 9.84 Å². The molecule has 2 aromatic rings. The van der Waals surface area contributed by atoms with Crippen LogP contribution in [0.15, 0.2) is 24.4 Å². The molecule has 0 amide bonds. The molecule has 1 N–H and O–H groups in total. The predicted octanol–water partition coefficient (Wildman–Crippen LogP) is 3.18. The standard InChI is InChI=1S/C14H16ClFN2O2/c1-3-6-18-13(12(20-2)8-17-18)14(19)10-5-4-9(15)7-11(10)16/h4-5,7-8,14,19H,3,6H2,1-2H3. The molecule has 0 spiro atoms. The van der Waals surface area contributed by atoms with Gasteiger partial charge in [0.1, 0.15) is 17.6 Å². The fourth-order valence-corrected chi connectivity index (χ4v) is 2.23. The fraction of sp³-hybridized carbons (Fsp3) is 0.357. The first kappa shape index (κ1) is 14.8. The minimum Gasteiger partial charge on any atom is -0.493 e. The van der Waals surface area contributed by atoms with E-state index >= 15 is 0 Å².